The van der Waals surface area contributed by atoms with Crippen molar-refractivity contribution in [2.45, 2.75) is 13.5 Å². The number of carbonyl (C=O) groups is 1. The lowest BCUT2D eigenvalue weighted by atomic mass is 10.1. The summed E-state index contributed by atoms with van der Waals surface area (Å²) in [6.07, 6.45) is 1.37. The van der Waals surface area contributed by atoms with E-state index in [1.165, 1.54) is 6.20 Å². The number of carbonyl (C=O) groups excluding carboxylic acids is 1. The molecular weight excluding hydrogens is 272 g/mol. The minimum absolute atomic E-state index is 0.111. The summed E-state index contributed by atoms with van der Waals surface area (Å²) >= 11 is 1.06. The fraction of sp³-hybridized carbons (Fsp3) is 0.167. The Kier molecular flexibility index (Phi) is 3.75. The highest BCUT2D eigenvalue weighted by atomic mass is 32.1. The number of rotatable bonds is 3. The summed E-state index contributed by atoms with van der Waals surface area (Å²) in [5.74, 6) is -2.18. The first-order valence-electron chi connectivity index (χ1n) is 5.41. The van der Waals surface area contributed by atoms with Gasteiger partial charge < -0.3 is 11.1 Å². The molecule has 1 heterocycles. The Labute approximate surface area is 112 Å². The minimum atomic E-state index is -0.933. The summed E-state index contributed by atoms with van der Waals surface area (Å²) in [7, 11) is 0. The van der Waals surface area contributed by atoms with Gasteiger partial charge in [-0.05, 0) is 30.2 Å². The summed E-state index contributed by atoms with van der Waals surface area (Å²) < 4.78 is 26.0. The molecule has 2 rings (SSSR count). The van der Waals surface area contributed by atoms with Crippen molar-refractivity contribution in [3.63, 3.8) is 0 Å². The van der Waals surface area contributed by atoms with Crippen molar-refractivity contribution in [3.8, 4) is 0 Å². The van der Waals surface area contributed by atoms with Gasteiger partial charge in [0.2, 0.25) is 0 Å². The van der Waals surface area contributed by atoms with E-state index in [-0.39, 0.29) is 12.5 Å². The van der Waals surface area contributed by atoms with Gasteiger partial charge in [0, 0.05) is 6.54 Å². The zero-order valence-electron chi connectivity index (χ0n) is 10.0. The highest BCUT2D eigenvalue weighted by molar-refractivity contribution is 7.17. The van der Waals surface area contributed by atoms with Gasteiger partial charge in [-0.3, -0.25) is 4.79 Å². The van der Waals surface area contributed by atoms with Crippen LogP contribution in [0.5, 0.6) is 0 Å². The first kappa shape index (κ1) is 13.4. The molecule has 0 fully saturated rings. The Morgan fingerprint density at radius 1 is 1.42 bits per heavy atom. The van der Waals surface area contributed by atoms with Crippen molar-refractivity contribution in [2.75, 3.05) is 5.73 Å². The highest BCUT2D eigenvalue weighted by Crippen LogP contribution is 2.16. The molecule has 100 valence electrons. The van der Waals surface area contributed by atoms with Gasteiger partial charge in [-0.1, -0.05) is 11.3 Å². The third-order valence-electron chi connectivity index (χ3n) is 2.57. The zero-order valence-corrected chi connectivity index (χ0v) is 10.9. The maximum absolute atomic E-state index is 13.1. The third-order valence-corrected chi connectivity index (χ3v) is 3.39. The lowest BCUT2D eigenvalue weighted by molar-refractivity contribution is 0.0954. The van der Waals surface area contributed by atoms with Crippen LogP contribution in [0.25, 0.3) is 0 Å². The first-order valence-corrected chi connectivity index (χ1v) is 6.23. The molecule has 19 heavy (non-hydrogen) atoms. The number of hydrogen-bond donors (Lipinski definition) is 2. The van der Waals surface area contributed by atoms with E-state index in [1.54, 1.807) is 6.92 Å². The van der Waals surface area contributed by atoms with Gasteiger partial charge in [-0.15, -0.1) is 0 Å². The average Bonchev–Trinajstić information content (AvgIpc) is 2.78. The van der Waals surface area contributed by atoms with Crippen LogP contribution in [0.3, 0.4) is 0 Å². The van der Waals surface area contributed by atoms with E-state index in [1.807, 2.05) is 0 Å². The van der Waals surface area contributed by atoms with Crippen LogP contribution in [-0.2, 0) is 6.54 Å². The minimum Gasteiger partial charge on any atom is -0.375 e. The Bertz CT molecular complexity index is 627. The van der Waals surface area contributed by atoms with Crippen LogP contribution >= 0.6 is 11.3 Å². The predicted octanol–water partition coefficient (Wildman–Crippen LogP) is 2.24. The summed E-state index contributed by atoms with van der Waals surface area (Å²) in [4.78, 5) is 15.9. The molecule has 3 N–H and O–H groups in total. The molecule has 0 radical (unpaired) electrons. The fourth-order valence-corrected chi connectivity index (χ4v) is 2.13. The van der Waals surface area contributed by atoms with Gasteiger partial charge >= 0.3 is 0 Å². The molecule has 0 aliphatic rings. The van der Waals surface area contributed by atoms with Crippen LogP contribution in [0.1, 0.15) is 20.8 Å². The van der Waals surface area contributed by atoms with Crippen LogP contribution in [0.15, 0.2) is 18.3 Å². The topological polar surface area (TPSA) is 68.0 Å². The lowest BCUT2D eigenvalue weighted by Gasteiger charge is -2.07. The number of amides is 1. The lowest BCUT2D eigenvalue weighted by Crippen LogP contribution is -2.22. The number of anilines is 1. The fourth-order valence-electron chi connectivity index (χ4n) is 1.53. The van der Waals surface area contributed by atoms with Crippen molar-refractivity contribution in [1.29, 1.82) is 0 Å². The molecule has 0 aliphatic carbocycles. The van der Waals surface area contributed by atoms with Crippen LogP contribution < -0.4 is 11.1 Å². The molecule has 1 aromatic carbocycles. The molecule has 0 atom stereocenters. The van der Waals surface area contributed by atoms with Crippen LogP contribution in [0, 0.1) is 18.6 Å². The van der Waals surface area contributed by atoms with E-state index in [0.29, 0.717) is 21.1 Å². The van der Waals surface area contributed by atoms with E-state index in [0.717, 1.165) is 23.5 Å². The Morgan fingerprint density at radius 3 is 2.74 bits per heavy atom. The second kappa shape index (κ2) is 5.31. The quantitative estimate of drug-likeness (QED) is 0.907. The van der Waals surface area contributed by atoms with Gasteiger partial charge in [-0.2, -0.15) is 0 Å². The summed E-state index contributed by atoms with van der Waals surface area (Å²) in [5, 5.41) is 2.90. The number of thiazole rings is 1. The van der Waals surface area contributed by atoms with Crippen molar-refractivity contribution in [1.82, 2.24) is 10.3 Å². The van der Waals surface area contributed by atoms with Crippen molar-refractivity contribution < 1.29 is 13.6 Å². The molecule has 7 heteroatoms. The Balaban J connectivity index is 2.07. The monoisotopic (exact) mass is 283 g/mol. The van der Waals surface area contributed by atoms with E-state index in [4.69, 9.17) is 5.73 Å². The number of nitrogen functional groups attached to an aromatic ring is 1. The Hall–Kier alpha value is -2.02. The molecule has 2 aromatic rings. The number of nitrogens with two attached hydrogens (primary N) is 1. The summed E-state index contributed by atoms with van der Waals surface area (Å²) in [5.41, 5.74) is 6.51. The van der Waals surface area contributed by atoms with Crippen LogP contribution in [-0.4, -0.2) is 10.9 Å². The van der Waals surface area contributed by atoms with Crippen molar-refractivity contribution in [2.24, 2.45) is 0 Å². The predicted molar refractivity (Wildman–Crippen MR) is 68.8 cm³/mol. The van der Waals surface area contributed by atoms with Crippen LogP contribution in [0.2, 0.25) is 0 Å². The molecule has 4 nitrogen and oxygen atoms in total. The number of hydrogen-bond acceptors (Lipinski definition) is 4. The molecule has 0 saturated carbocycles. The first-order chi connectivity index (χ1) is 8.97. The number of halogens is 2. The van der Waals surface area contributed by atoms with Gasteiger partial charge in [-0.25, -0.2) is 13.8 Å². The van der Waals surface area contributed by atoms with E-state index >= 15 is 0 Å². The number of nitrogens with zero attached hydrogens (tertiary/aromatic N) is 1. The molecular formula is C12H11F2N3OS. The zero-order chi connectivity index (χ0) is 14.0. The van der Waals surface area contributed by atoms with Gasteiger partial charge in [0.15, 0.2) is 16.8 Å². The smallest absolute Gasteiger partial charge is 0.263 e. The molecule has 0 spiro atoms. The van der Waals surface area contributed by atoms with Crippen molar-refractivity contribution in [3.05, 3.63) is 46.0 Å². The third kappa shape index (κ3) is 3.05. The van der Waals surface area contributed by atoms with Crippen LogP contribution in [0.4, 0.5) is 13.9 Å². The maximum atomic E-state index is 13.1. The number of aryl methyl sites for hydroxylation is 1. The molecule has 1 aromatic heterocycles. The second-order valence-electron chi connectivity index (χ2n) is 3.94. The van der Waals surface area contributed by atoms with Crippen molar-refractivity contribution >= 4 is 22.4 Å². The van der Waals surface area contributed by atoms with Gasteiger partial charge in [0.25, 0.3) is 5.91 Å². The summed E-state index contributed by atoms with van der Waals surface area (Å²) in [6, 6.07) is 2.17. The SMILES string of the molecule is Cc1cc(F)c(F)cc1CNC(=O)c1cnc(N)s1. The number of aromatic nitrogens is 1. The normalized spacial score (nSPS) is 10.5. The molecule has 0 aliphatic heterocycles. The van der Waals surface area contributed by atoms with E-state index < -0.39 is 11.6 Å². The standard InChI is InChI=1S/C12H11F2N3OS/c1-6-2-8(13)9(14)3-7(6)4-16-11(18)10-5-17-12(15)19-10/h2-3,5H,4H2,1H3,(H2,15,17)(H,16,18). The maximum Gasteiger partial charge on any atom is 0.263 e. The van der Waals surface area contributed by atoms with E-state index in [2.05, 4.69) is 10.3 Å². The van der Waals surface area contributed by atoms with E-state index in [9.17, 15) is 13.6 Å². The number of benzene rings is 1. The van der Waals surface area contributed by atoms with Gasteiger partial charge in [0.1, 0.15) is 4.88 Å². The molecule has 0 unspecified atom stereocenters. The molecule has 0 saturated heterocycles. The van der Waals surface area contributed by atoms with Gasteiger partial charge in [0.05, 0.1) is 6.20 Å². The average molecular weight is 283 g/mol. The number of nitrogens with one attached hydrogen (secondary N) is 1. The Morgan fingerprint density at radius 2 is 2.11 bits per heavy atom. The molecule has 0 bridgehead atoms. The largest absolute Gasteiger partial charge is 0.375 e. The second-order valence-corrected chi connectivity index (χ2v) is 5.00. The molecule has 1 amide bonds. The highest BCUT2D eigenvalue weighted by Gasteiger charge is 2.11. The summed E-state index contributed by atoms with van der Waals surface area (Å²) in [6.45, 7) is 1.76.